The van der Waals surface area contributed by atoms with Gasteiger partial charge in [-0.25, -0.2) is 0 Å². The van der Waals surface area contributed by atoms with E-state index < -0.39 is 0 Å². The average Bonchev–Trinajstić information content (AvgIpc) is 2.12. The molecule has 0 atom stereocenters. The highest BCUT2D eigenvalue weighted by atomic mass is 32.2. The van der Waals surface area contributed by atoms with E-state index in [4.69, 9.17) is 0 Å². The molecule has 1 aromatic rings. The SMILES string of the molecule is CC(C)CCCSc1cccc(O)c1. The molecule has 0 saturated heterocycles. The van der Waals surface area contributed by atoms with Crippen LogP contribution in [0.25, 0.3) is 0 Å². The largest absolute Gasteiger partial charge is 0.508 e. The Morgan fingerprint density at radius 1 is 1.36 bits per heavy atom. The smallest absolute Gasteiger partial charge is 0.116 e. The van der Waals surface area contributed by atoms with E-state index in [1.165, 1.54) is 12.8 Å². The second kappa shape index (κ2) is 5.97. The summed E-state index contributed by atoms with van der Waals surface area (Å²) in [5, 5.41) is 9.24. The van der Waals surface area contributed by atoms with Crippen molar-refractivity contribution >= 4 is 11.8 Å². The van der Waals surface area contributed by atoms with Crippen molar-refractivity contribution in [3.8, 4) is 5.75 Å². The molecule has 1 rings (SSSR count). The fourth-order valence-electron chi connectivity index (χ4n) is 1.25. The maximum Gasteiger partial charge on any atom is 0.116 e. The molecular formula is C12H18OS. The van der Waals surface area contributed by atoms with E-state index in [0.717, 1.165) is 16.6 Å². The molecule has 0 aromatic heterocycles. The minimum Gasteiger partial charge on any atom is -0.508 e. The van der Waals surface area contributed by atoms with Crippen LogP contribution < -0.4 is 0 Å². The maximum absolute atomic E-state index is 9.24. The van der Waals surface area contributed by atoms with E-state index in [9.17, 15) is 5.11 Å². The number of hydrogen-bond donors (Lipinski definition) is 1. The summed E-state index contributed by atoms with van der Waals surface area (Å²) in [5.74, 6) is 2.29. The van der Waals surface area contributed by atoms with Gasteiger partial charge in [0.1, 0.15) is 5.75 Å². The van der Waals surface area contributed by atoms with Crippen LogP contribution in [0.15, 0.2) is 29.2 Å². The van der Waals surface area contributed by atoms with Crippen LogP contribution in [0.5, 0.6) is 5.75 Å². The topological polar surface area (TPSA) is 20.2 Å². The van der Waals surface area contributed by atoms with Crippen LogP contribution in [0, 0.1) is 5.92 Å². The molecule has 1 nitrogen and oxygen atoms in total. The van der Waals surface area contributed by atoms with Crippen molar-refractivity contribution in [3.63, 3.8) is 0 Å². The number of hydrogen-bond acceptors (Lipinski definition) is 2. The lowest BCUT2D eigenvalue weighted by Gasteiger charge is -2.04. The summed E-state index contributed by atoms with van der Waals surface area (Å²) in [4.78, 5) is 1.16. The monoisotopic (exact) mass is 210 g/mol. The summed E-state index contributed by atoms with van der Waals surface area (Å²) in [6, 6.07) is 7.46. The third kappa shape index (κ3) is 4.56. The van der Waals surface area contributed by atoms with Gasteiger partial charge >= 0.3 is 0 Å². The average molecular weight is 210 g/mol. The molecule has 0 unspecified atom stereocenters. The molecule has 0 aliphatic rings. The highest BCUT2D eigenvalue weighted by Gasteiger charge is 1.97. The van der Waals surface area contributed by atoms with Gasteiger partial charge in [-0.3, -0.25) is 0 Å². The number of rotatable bonds is 5. The van der Waals surface area contributed by atoms with Crippen molar-refractivity contribution in [1.82, 2.24) is 0 Å². The Balaban J connectivity index is 2.25. The predicted octanol–water partition coefficient (Wildman–Crippen LogP) is 3.92. The van der Waals surface area contributed by atoms with E-state index in [1.54, 1.807) is 6.07 Å². The molecular weight excluding hydrogens is 192 g/mol. The number of aromatic hydroxyl groups is 1. The molecule has 0 amide bonds. The Morgan fingerprint density at radius 3 is 2.79 bits per heavy atom. The molecule has 0 spiro atoms. The normalized spacial score (nSPS) is 10.8. The Hall–Kier alpha value is -0.630. The third-order valence-corrected chi connectivity index (χ3v) is 3.09. The molecule has 0 saturated carbocycles. The molecule has 0 aliphatic carbocycles. The molecule has 1 aromatic carbocycles. The van der Waals surface area contributed by atoms with Crippen molar-refractivity contribution in [1.29, 1.82) is 0 Å². The first-order valence-electron chi connectivity index (χ1n) is 5.10. The van der Waals surface area contributed by atoms with Gasteiger partial charge in [0.15, 0.2) is 0 Å². The van der Waals surface area contributed by atoms with E-state index in [1.807, 2.05) is 30.0 Å². The van der Waals surface area contributed by atoms with Crippen molar-refractivity contribution in [2.45, 2.75) is 31.6 Å². The number of phenols is 1. The van der Waals surface area contributed by atoms with Crippen molar-refractivity contribution < 1.29 is 5.11 Å². The minimum absolute atomic E-state index is 0.360. The van der Waals surface area contributed by atoms with E-state index in [2.05, 4.69) is 13.8 Å². The first-order chi connectivity index (χ1) is 6.68. The first-order valence-corrected chi connectivity index (χ1v) is 6.09. The van der Waals surface area contributed by atoms with E-state index >= 15 is 0 Å². The zero-order valence-corrected chi connectivity index (χ0v) is 9.68. The van der Waals surface area contributed by atoms with Crippen molar-refractivity contribution in [3.05, 3.63) is 24.3 Å². The van der Waals surface area contributed by atoms with E-state index in [0.29, 0.717) is 5.75 Å². The predicted molar refractivity (Wildman–Crippen MR) is 62.9 cm³/mol. The van der Waals surface area contributed by atoms with Crippen LogP contribution >= 0.6 is 11.8 Å². The van der Waals surface area contributed by atoms with Gasteiger partial charge in [0.05, 0.1) is 0 Å². The standard InChI is InChI=1S/C12H18OS/c1-10(2)5-4-8-14-12-7-3-6-11(13)9-12/h3,6-7,9-10,13H,4-5,8H2,1-2H3. The fourth-order valence-corrected chi connectivity index (χ4v) is 2.18. The van der Waals surface area contributed by atoms with E-state index in [-0.39, 0.29) is 0 Å². The summed E-state index contributed by atoms with van der Waals surface area (Å²) in [6.45, 7) is 4.50. The van der Waals surface area contributed by atoms with Crippen LogP contribution in [0.2, 0.25) is 0 Å². The van der Waals surface area contributed by atoms with Crippen LogP contribution in [0.4, 0.5) is 0 Å². The molecule has 2 heteroatoms. The van der Waals surface area contributed by atoms with Gasteiger partial charge in [0.2, 0.25) is 0 Å². The number of phenolic OH excluding ortho intramolecular Hbond substituents is 1. The molecule has 0 bridgehead atoms. The lowest BCUT2D eigenvalue weighted by atomic mass is 10.1. The molecule has 0 heterocycles. The first kappa shape index (κ1) is 11.4. The molecule has 0 aliphatic heterocycles. The van der Waals surface area contributed by atoms with Crippen LogP contribution in [0.3, 0.4) is 0 Å². The zero-order chi connectivity index (χ0) is 10.4. The van der Waals surface area contributed by atoms with Crippen molar-refractivity contribution in [2.24, 2.45) is 5.92 Å². The summed E-state index contributed by atoms with van der Waals surface area (Å²) in [7, 11) is 0. The second-order valence-corrected chi connectivity index (χ2v) is 5.05. The highest BCUT2D eigenvalue weighted by molar-refractivity contribution is 7.99. The lowest BCUT2D eigenvalue weighted by Crippen LogP contribution is -1.88. The quantitative estimate of drug-likeness (QED) is 0.587. The Labute approximate surface area is 90.5 Å². The number of benzene rings is 1. The second-order valence-electron chi connectivity index (χ2n) is 3.88. The fraction of sp³-hybridized carbons (Fsp3) is 0.500. The van der Waals surface area contributed by atoms with Gasteiger partial charge in [0.25, 0.3) is 0 Å². The van der Waals surface area contributed by atoms with Crippen molar-refractivity contribution in [2.75, 3.05) is 5.75 Å². The Morgan fingerprint density at radius 2 is 2.14 bits per heavy atom. The van der Waals surface area contributed by atoms with Gasteiger partial charge < -0.3 is 5.11 Å². The van der Waals surface area contributed by atoms with Crippen LogP contribution in [-0.4, -0.2) is 10.9 Å². The Bertz CT molecular complexity index is 271. The summed E-state index contributed by atoms with van der Waals surface area (Å²) >= 11 is 1.82. The zero-order valence-electron chi connectivity index (χ0n) is 8.86. The molecule has 14 heavy (non-hydrogen) atoms. The maximum atomic E-state index is 9.24. The lowest BCUT2D eigenvalue weighted by molar-refractivity contribution is 0.474. The van der Waals surface area contributed by atoms with Crippen LogP contribution in [0.1, 0.15) is 26.7 Å². The van der Waals surface area contributed by atoms with Crippen LogP contribution in [-0.2, 0) is 0 Å². The van der Waals surface area contributed by atoms with Gasteiger partial charge in [0, 0.05) is 4.90 Å². The minimum atomic E-state index is 0.360. The summed E-state index contributed by atoms with van der Waals surface area (Å²) < 4.78 is 0. The third-order valence-electron chi connectivity index (χ3n) is 2.01. The molecule has 1 N–H and O–H groups in total. The molecule has 0 fully saturated rings. The molecule has 78 valence electrons. The van der Waals surface area contributed by atoms with Gasteiger partial charge in [-0.2, -0.15) is 0 Å². The number of thioether (sulfide) groups is 1. The Kier molecular flexibility index (Phi) is 4.88. The summed E-state index contributed by atoms with van der Waals surface area (Å²) in [5.41, 5.74) is 0. The van der Waals surface area contributed by atoms with Gasteiger partial charge in [-0.1, -0.05) is 26.3 Å². The summed E-state index contributed by atoms with van der Waals surface area (Å²) in [6.07, 6.45) is 2.53. The molecule has 0 radical (unpaired) electrons. The highest BCUT2D eigenvalue weighted by Crippen LogP contribution is 2.23. The van der Waals surface area contributed by atoms with Gasteiger partial charge in [-0.05, 0) is 36.3 Å². The van der Waals surface area contributed by atoms with Gasteiger partial charge in [-0.15, -0.1) is 11.8 Å².